The number of halogens is 1. The van der Waals surface area contributed by atoms with Crippen molar-refractivity contribution in [3.63, 3.8) is 0 Å². The van der Waals surface area contributed by atoms with Gasteiger partial charge >= 0.3 is 0 Å². The van der Waals surface area contributed by atoms with Crippen LogP contribution in [0.4, 0.5) is 0 Å². The van der Waals surface area contributed by atoms with E-state index in [-0.39, 0.29) is 0 Å². The van der Waals surface area contributed by atoms with E-state index in [1.165, 1.54) is 0 Å². The van der Waals surface area contributed by atoms with E-state index in [1.807, 2.05) is 12.1 Å². The Hall–Kier alpha value is -0.190. The van der Waals surface area contributed by atoms with Crippen molar-refractivity contribution in [2.24, 2.45) is 0 Å². The van der Waals surface area contributed by atoms with Gasteiger partial charge in [0, 0.05) is 9.72 Å². The average Bonchev–Trinajstić information content (AvgIpc) is 2.04. The van der Waals surface area contributed by atoms with Gasteiger partial charge < -0.3 is 4.55 Å². The van der Waals surface area contributed by atoms with Gasteiger partial charge in [0.1, 0.15) is 0 Å². The van der Waals surface area contributed by atoms with E-state index in [4.69, 9.17) is 0 Å². The van der Waals surface area contributed by atoms with E-state index in [9.17, 15) is 8.76 Å². The van der Waals surface area contributed by atoms with Crippen molar-refractivity contribution < 1.29 is 8.76 Å². The van der Waals surface area contributed by atoms with Crippen LogP contribution in [0.3, 0.4) is 0 Å². The van der Waals surface area contributed by atoms with Gasteiger partial charge in [-0.3, -0.25) is 4.21 Å². The van der Waals surface area contributed by atoms with Crippen molar-refractivity contribution in [3.8, 4) is 0 Å². The molecule has 66 valence electrons. The van der Waals surface area contributed by atoms with Crippen LogP contribution in [0, 0.1) is 0 Å². The first-order valence-electron chi connectivity index (χ1n) is 3.45. The first-order chi connectivity index (χ1) is 5.61. The second-order valence-electron chi connectivity index (χ2n) is 2.45. The van der Waals surface area contributed by atoms with Gasteiger partial charge in [-0.25, -0.2) is 0 Å². The maximum Gasteiger partial charge on any atom is 0.0436 e. The maximum atomic E-state index is 10.6. The zero-order valence-electron chi connectivity index (χ0n) is 6.49. The molecule has 0 aliphatic rings. The summed E-state index contributed by atoms with van der Waals surface area (Å²) in [5.41, 5.74) is 0.812. The summed E-state index contributed by atoms with van der Waals surface area (Å²) in [7, 11) is 0. The molecular formula is C8H8BrO2S-. The van der Waals surface area contributed by atoms with Gasteiger partial charge in [0.2, 0.25) is 0 Å². The van der Waals surface area contributed by atoms with Crippen molar-refractivity contribution in [2.45, 2.75) is 12.2 Å². The molecule has 0 spiro atoms. The molecule has 0 amide bonds. The van der Waals surface area contributed by atoms with Crippen LogP contribution in [0.1, 0.15) is 17.7 Å². The molecule has 1 rings (SSSR count). The monoisotopic (exact) mass is 247 g/mol. The van der Waals surface area contributed by atoms with Crippen molar-refractivity contribution in [2.75, 3.05) is 0 Å². The highest BCUT2D eigenvalue weighted by Crippen LogP contribution is 2.19. The van der Waals surface area contributed by atoms with Crippen LogP contribution in [-0.4, -0.2) is 8.76 Å². The van der Waals surface area contributed by atoms with Gasteiger partial charge in [0.15, 0.2) is 0 Å². The molecule has 12 heavy (non-hydrogen) atoms. The van der Waals surface area contributed by atoms with Crippen molar-refractivity contribution >= 4 is 27.0 Å². The molecule has 4 heteroatoms. The summed E-state index contributed by atoms with van der Waals surface area (Å²) < 4.78 is 22.1. The number of benzene rings is 1. The molecule has 0 fully saturated rings. The first kappa shape index (κ1) is 9.89. The van der Waals surface area contributed by atoms with Crippen molar-refractivity contribution in [1.82, 2.24) is 0 Å². The standard InChI is InChI=1S/C8H9BrO2S/c1-6(12(10)11)7-2-4-8(9)5-3-7/h2-6H,1H3,(H,10,11)/p-1. The summed E-state index contributed by atoms with van der Waals surface area (Å²) in [5, 5.41) is -0.432. The summed E-state index contributed by atoms with van der Waals surface area (Å²) in [6.45, 7) is 1.66. The van der Waals surface area contributed by atoms with Gasteiger partial charge in [-0.05, 0) is 35.7 Å². The van der Waals surface area contributed by atoms with Crippen molar-refractivity contribution in [1.29, 1.82) is 0 Å². The average molecular weight is 248 g/mol. The van der Waals surface area contributed by atoms with E-state index < -0.39 is 16.3 Å². The Kier molecular flexibility index (Phi) is 3.43. The number of hydrogen-bond acceptors (Lipinski definition) is 2. The van der Waals surface area contributed by atoms with Gasteiger partial charge in [-0.2, -0.15) is 0 Å². The minimum atomic E-state index is -2.03. The van der Waals surface area contributed by atoms with E-state index in [0.29, 0.717) is 0 Å². The van der Waals surface area contributed by atoms with Crippen LogP contribution in [0.2, 0.25) is 0 Å². The largest absolute Gasteiger partial charge is 0.772 e. The van der Waals surface area contributed by atoms with Crippen LogP contribution in [0.25, 0.3) is 0 Å². The lowest BCUT2D eigenvalue weighted by molar-refractivity contribution is 0.527. The second-order valence-corrected chi connectivity index (χ2v) is 4.60. The zero-order valence-corrected chi connectivity index (χ0v) is 8.89. The predicted molar refractivity (Wildman–Crippen MR) is 51.5 cm³/mol. The van der Waals surface area contributed by atoms with Crippen LogP contribution >= 0.6 is 15.9 Å². The van der Waals surface area contributed by atoms with Crippen LogP contribution < -0.4 is 0 Å². The molecule has 2 nitrogen and oxygen atoms in total. The number of rotatable bonds is 2. The van der Waals surface area contributed by atoms with E-state index in [1.54, 1.807) is 19.1 Å². The maximum absolute atomic E-state index is 10.6. The molecule has 0 bridgehead atoms. The lowest BCUT2D eigenvalue weighted by Crippen LogP contribution is -2.00. The van der Waals surface area contributed by atoms with Gasteiger partial charge in [0.25, 0.3) is 0 Å². The SMILES string of the molecule is CC(c1ccc(Br)cc1)S(=O)[O-]. The highest BCUT2D eigenvalue weighted by molar-refractivity contribution is 9.10. The van der Waals surface area contributed by atoms with Crippen LogP contribution in [0.5, 0.6) is 0 Å². The lowest BCUT2D eigenvalue weighted by Gasteiger charge is -2.14. The molecule has 0 saturated heterocycles. The van der Waals surface area contributed by atoms with E-state index in [2.05, 4.69) is 15.9 Å². The molecule has 0 aromatic heterocycles. The third kappa shape index (κ3) is 2.40. The highest BCUT2D eigenvalue weighted by atomic mass is 79.9. The summed E-state index contributed by atoms with van der Waals surface area (Å²) in [4.78, 5) is 0. The van der Waals surface area contributed by atoms with E-state index in [0.717, 1.165) is 10.0 Å². The third-order valence-electron chi connectivity index (χ3n) is 1.63. The molecule has 0 aliphatic heterocycles. The van der Waals surface area contributed by atoms with Crippen LogP contribution in [0.15, 0.2) is 28.7 Å². The Morgan fingerprint density at radius 3 is 2.33 bits per heavy atom. The summed E-state index contributed by atoms with van der Waals surface area (Å²) in [6, 6.07) is 7.26. The molecule has 0 saturated carbocycles. The van der Waals surface area contributed by atoms with Crippen molar-refractivity contribution in [3.05, 3.63) is 34.3 Å². The molecule has 0 N–H and O–H groups in total. The number of hydrogen-bond donors (Lipinski definition) is 0. The minimum Gasteiger partial charge on any atom is -0.772 e. The third-order valence-corrected chi connectivity index (χ3v) is 3.01. The van der Waals surface area contributed by atoms with Gasteiger partial charge in [0.05, 0.1) is 0 Å². The molecule has 0 aliphatic carbocycles. The summed E-state index contributed by atoms with van der Waals surface area (Å²) in [6.07, 6.45) is 0. The molecular weight excluding hydrogens is 240 g/mol. The van der Waals surface area contributed by atoms with Gasteiger partial charge in [-0.15, -0.1) is 0 Å². The minimum absolute atomic E-state index is 0.432. The van der Waals surface area contributed by atoms with Gasteiger partial charge in [-0.1, -0.05) is 28.1 Å². The molecule has 1 aromatic rings. The topological polar surface area (TPSA) is 40.1 Å². The Balaban J connectivity index is 2.89. The Bertz CT molecular complexity index is 284. The molecule has 0 heterocycles. The zero-order chi connectivity index (χ0) is 9.14. The first-order valence-corrected chi connectivity index (χ1v) is 5.38. The molecule has 2 unspecified atom stereocenters. The quantitative estimate of drug-likeness (QED) is 0.754. The smallest absolute Gasteiger partial charge is 0.0436 e. The Morgan fingerprint density at radius 2 is 1.92 bits per heavy atom. The fourth-order valence-electron chi connectivity index (χ4n) is 0.845. The predicted octanol–water partition coefficient (Wildman–Crippen LogP) is 2.39. The molecule has 0 radical (unpaired) electrons. The summed E-state index contributed by atoms with van der Waals surface area (Å²) >= 11 is 1.24. The fraction of sp³-hybridized carbons (Fsp3) is 0.250. The Morgan fingerprint density at radius 1 is 1.42 bits per heavy atom. The van der Waals surface area contributed by atoms with E-state index >= 15 is 0 Å². The summed E-state index contributed by atoms with van der Waals surface area (Å²) in [5.74, 6) is 0. The normalized spacial score (nSPS) is 15.6. The lowest BCUT2D eigenvalue weighted by atomic mass is 10.2. The highest BCUT2D eigenvalue weighted by Gasteiger charge is 2.03. The fourth-order valence-corrected chi connectivity index (χ4v) is 1.49. The van der Waals surface area contributed by atoms with Crippen LogP contribution in [-0.2, 0) is 11.1 Å². The Labute approximate surface area is 82.4 Å². The molecule has 1 aromatic carbocycles. The second kappa shape index (κ2) is 4.16. The molecule has 2 atom stereocenters.